The Bertz CT molecular complexity index is 781. The highest BCUT2D eigenvalue weighted by Gasteiger charge is 2.12. The highest BCUT2D eigenvalue weighted by molar-refractivity contribution is 6.01. The monoisotopic (exact) mass is 350 g/mol. The molecule has 0 aliphatic rings. The molecular formula is C17H16F2N2O4. The van der Waals surface area contributed by atoms with Crippen LogP contribution in [-0.2, 0) is 0 Å². The van der Waals surface area contributed by atoms with Gasteiger partial charge >= 0.3 is 12.6 Å². The van der Waals surface area contributed by atoms with Gasteiger partial charge < -0.3 is 20.1 Å². The van der Waals surface area contributed by atoms with E-state index in [0.717, 1.165) is 0 Å². The Morgan fingerprint density at radius 2 is 1.68 bits per heavy atom. The van der Waals surface area contributed by atoms with Crippen LogP contribution < -0.4 is 20.1 Å². The van der Waals surface area contributed by atoms with Gasteiger partial charge in [-0.3, -0.25) is 4.79 Å². The van der Waals surface area contributed by atoms with Crippen molar-refractivity contribution in [3.8, 4) is 11.5 Å². The number of anilines is 2. The quantitative estimate of drug-likeness (QED) is 0.768. The molecule has 2 rings (SSSR count). The third kappa shape index (κ3) is 5.17. The number of alkyl halides is 2. The Hall–Kier alpha value is -3.16. The number of ether oxygens (including phenoxy) is 2. The summed E-state index contributed by atoms with van der Waals surface area (Å²) in [4.78, 5) is 23.4. The van der Waals surface area contributed by atoms with Gasteiger partial charge in [-0.25, -0.2) is 4.79 Å². The molecule has 0 bridgehead atoms. The number of nitrogens with one attached hydrogen (secondary N) is 2. The maximum Gasteiger partial charge on any atom is 0.387 e. The summed E-state index contributed by atoms with van der Waals surface area (Å²) < 4.78 is 34.1. The number of carbonyl (C=O) groups is 2. The molecular weight excluding hydrogens is 334 g/mol. The van der Waals surface area contributed by atoms with E-state index >= 15 is 0 Å². The summed E-state index contributed by atoms with van der Waals surface area (Å²) in [5, 5.41) is 5.04. The molecule has 0 radical (unpaired) electrons. The predicted molar refractivity (Wildman–Crippen MR) is 88.7 cm³/mol. The van der Waals surface area contributed by atoms with E-state index in [1.54, 1.807) is 18.2 Å². The highest BCUT2D eigenvalue weighted by atomic mass is 19.3. The maximum atomic E-state index is 12.4. The molecule has 0 saturated carbocycles. The number of ketones is 1. The number of urea groups is 1. The first kappa shape index (κ1) is 18.2. The van der Waals surface area contributed by atoms with E-state index in [0.29, 0.717) is 11.3 Å². The molecule has 2 aromatic carbocycles. The largest absolute Gasteiger partial charge is 0.493 e. The van der Waals surface area contributed by atoms with Crippen molar-refractivity contribution in [2.24, 2.45) is 0 Å². The van der Waals surface area contributed by atoms with Crippen LogP contribution in [0.2, 0.25) is 0 Å². The molecule has 8 heteroatoms. The summed E-state index contributed by atoms with van der Waals surface area (Å²) >= 11 is 0. The lowest BCUT2D eigenvalue weighted by Crippen LogP contribution is -2.19. The summed E-state index contributed by atoms with van der Waals surface area (Å²) in [5.74, 6) is -0.220. The molecule has 0 aliphatic heterocycles. The van der Waals surface area contributed by atoms with E-state index in [4.69, 9.17) is 4.74 Å². The summed E-state index contributed by atoms with van der Waals surface area (Å²) in [7, 11) is 1.31. The molecule has 2 aromatic rings. The maximum absolute atomic E-state index is 12.4. The number of carbonyl (C=O) groups excluding carboxylic acids is 2. The Labute approximate surface area is 142 Å². The molecule has 0 aliphatic carbocycles. The summed E-state index contributed by atoms with van der Waals surface area (Å²) in [5.41, 5.74) is 1.11. The van der Waals surface area contributed by atoms with E-state index in [-0.39, 0.29) is 23.0 Å². The first-order valence-electron chi connectivity index (χ1n) is 7.21. The van der Waals surface area contributed by atoms with Crippen molar-refractivity contribution in [2.75, 3.05) is 17.7 Å². The van der Waals surface area contributed by atoms with E-state index in [1.807, 2.05) is 0 Å². The average molecular weight is 350 g/mol. The predicted octanol–water partition coefficient (Wildman–Crippen LogP) is 4.14. The second kappa shape index (κ2) is 8.09. The topological polar surface area (TPSA) is 76.7 Å². The fourth-order valence-electron chi connectivity index (χ4n) is 2.05. The average Bonchev–Trinajstić information content (AvgIpc) is 2.54. The Balaban J connectivity index is 2.10. The molecule has 0 aromatic heterocycles. The SMILES string of the molecule is COc1ccc(NC(=O)Nc2cccc(C(C)=O)c2)cc1OC(F)F. The molecule has 0 spiro atoms. The van der Waals surface area contributed by atoms with Crippen LogP contribution in [0.1, 0.15) is 17.3 Å². The van der Waals surface area contributed by atoms with Crippen molar-refractivity contribution >= 4 is 23.2 Å². The van der Waals surface area contributed by atoms with Gasteiger partial charge in [0.05, 0.1) is 7.11 Å². The minimum atomic E-state index is -3.02. The number of Topliss-reactive ketones (excluding diaryl/α,β-unsaturated/α-hetero) is 1. The molecule has 25 heavy (non-hydrogen) atoms. The van der Waals surface area contributed by atoms with Crippen molar-refractivity contribution in [1.82, 2.24) is 0 Å². The molecule has 0 unspecified atom stereocenters. The van der Waals surface area contributed by atoms with E-state index in [1.165, 1.54) is 38.3 Å². The Morgan fingerprint density at radius 1 is 1.00 bits per heavy atom. The van der Waals surface area contributed by atoms with Gasteiger partial charge in [0.1, 0.15) is 0 Å². The first-order valence-corrected chi connectivity index (χ1v) is 7.21. The zero-order valence-electron chi connectivity index (χ0n) is 13.5. The normalized spacial score (nSPS) is 10.3. The van der Waals surface area contributed by atoms with Crippen LogP contribution in [0.15, 0.2) is 42.5 Å². The molecule has 2 amide bonds. The fourth-order valence-corrected chi connectivity index (χ4v) is 2.05. The lowest BCUT2D eigenvalue weighted by Gasteiger charge is -2.13. The zero-order chi connectivity index (χ0) is 18.4. The number of methoxy groups -OCH3 is 1. The van der Waals surface area contributed by atoms with E-state index in [9.17, 15) is 18.4 Å². The number of hydrogen-bond donors (Lipinski definition) is 2. The summed E-state index contributed by atoms with van der Waals surface area (Å²) in [6, 6.07) is 9.89. The number of amides is 2. The third-order valence-corrected chi connectivity index (χ3v) is 3.16. The van der Waals surface area contributed by atoms with Crippen molar-refractivity contribution in [3.63, 3.8) is 0 Å². The van der Waals surface area contributed by atoms with Gasteiger partial charge in [-0.05, 0) is 31.2 Å². The van der Waals surface area contributed by atoms with Crippen LogP contribution in [0, 0.1) is 0 Å². The van der Waals surface area contributed by atoms with Gasteiger partial charge in [0.25, 0.3) is 0 Å². The molecule has 6 nitrogen and oxygen atoms in total. The van der Waals surface area contributed by atoms with Crippen LogP contribution in [0.3, 0.4) is 0 Å². The minimum absolute atomic E-state index is 0.111. The van der Waals surface area contributed by atoms with Crippen molar-refractivity contribution < 1.29 is 27.8 Å². The van der Waals surface area contributed by atoms with Gasteiger partial charge in [-0.2, -0.15) is 8.78 Å². The van der Waals surface area contributed by atoms with E-state index in [2.05, 4.69) is 15.4 Å². The van der Waals surface area contributed by atoms with Crippen molar-refractivity contribution in [3.05, 3.63) is 48.0 Å². The molecule has 0 atom stereocenters. The minimum Gasteiger partial charge on any atom is -0.493 e. The van der Waals surface area contributed by atoms with Crippen LogP contribution in [0.25, 0.3) is 0 Å². The lowest BCUT2D eigenvalue weighted by molar-refractivity contribution is -0.0511. The third-order valence-electron chi connectivity index (χ3n) is 3.16. The van der Waals surface area contributed by atoms with Crippen molar-refractivity contribution in [1.29, 1.82) is 0 Å². The summed E-state index contributed by atoms with van der Waals surface area (Å²) in [6.07, 6.45) is 0. The molecule has 132 valence electrons. The fraction of sp³-hybridized carbons (Fsp3) is 0.176. The van der Waals surface area contributed by atoms with Crippen molar-refractivity contribution in [2.45, 2.75) is 13.5 Å². The van der Waals surface area contributed by atoms with Gasteiger partial charge in [0.2, 0.25) is 0 Å². The zero-order valence-corrected chi connectivity index (χ0v) is 13.5. The molecule has 0 heterocycles. The van der Waals surface area contributed by atoms with Gasteiger partial charge in [0.15, 0.2) is 17.3 Å². The Kier molecular flexibility index (Phi) is 5.89. The molecule has 0 saturated heterocycles. The Morgan fingerprint density at radius 3 is 2.28 bits per heavy atom. The van der Waals surface area contributed by atoms with Crippen LogP contribution in [0.5, 0.6) is 11.5 Å². The second-order valence-corrected chi connectivity index (χ2v) is 4.96. The smallest absolute Gasteiger partial charge is 0.387 e. The van der Waals surface area contributed by atoms with E-state index < -0.39 is 12.6 Å². The van der Waals surface area contributed by atoms with Gasteiger partial charge in [-0.1, -0.05) is 12.1 Å². The number of rotatable bonds is 6. The standard InChI is InChI=1S/C17H16F2N2O4/c1-10(22)11-4-3-5-12(8-11)20-17(23)21-13-6-7-14(24-2)15(9-13)25-16(18)19/h3-9,16H,1-2H3,(H2,20,21,23). The number of hydrogen-bond acceptors (Lipinski definition) is 4. The lowest BCUT2D eigenvalue weighted by atomic mass is 10.1. The number of benzene rings is 2. The van der Waals surface area contributed by atoms with Gasteiger partial charge in [0, 0.05) is 23.0 Å². The van der Waals surface area contributed by atoms with Gasteiger partial charge in [-0.15, -0.1) is 0 Å². The van der Waals surface area contributed by atoms with Crippen LogP contribution >= 0.6 is 0 Å². The van der Waals surface area contributed by atoms with Crippen LogP contribution in [-0.4, -0.2) is 25.5 Å². The first-order chi connectivity index (χ1) is 11.9. The highest BCUT2D eigenvalue weighted by Crippen LogP contribution is 2.31. The van der Waals surface area contributed by atoms with Crippen LogP contribution in [0.4, 0.5) is 25.0 Å². The number of halogens is 2. The second-order valence-electron chi connectivity index (χ2n) is 4.96. The summed E-state index contributed by atoms with van der Waals surface area (Å²) in [6.45, 7) is -1.60. The molecule has 0 fully saturated rings. The molecule has 2 N–H and O–H groups in total.